The number of aryl methyl sites for hydroxylation is 1. The van der Waals surface area contributed by atoms with Crippen LogP contribution in [0.5, 0.6) is 0 Å². The smallest absolute Gasteiger partial charge is 0.259 e. The monoisotopic (exact) mass is 309 g/mol. The minimum atomic E-state index is -3.76. The van der Waals surface area contributed by atoms with E-state index in [0.717, 1.165) is 6.42 Å². The maximum absolute atomic E-state index is 12.0. The molecule has 1 aromatic rings. The van der Waals surface area contributed by atoms with Crippen LogP contribution in [0.1, 0.15) is 27.2 Å². The van der Waals surface area contributed by atoms with Crippen LogP contribution in [-0.2, 0) is 17.1 Å². The first-order valence-corrected chi connectivity index (χ1v) is 7.87. The summed E-state index contributed by atoms with van der Waals surface area (Å²) >= 11 is 5.71. The molecule has 0 aliphatic rings. The summed E-state index contributed by atoms with van der Waals surface area (Å²) in [4.78, 5) is 3.74. The molecule has 1 aromatic heterocycles. The van der Waals surface area contributed by atoms with Crippen LogP contribution in [-0.4, -0.2) is 35.2 Å². The van der Waals surface area contributed by atoms with Crippen LogP contribution >= 0.6 is 11.6 Å². The van der Waals surface area contributed by atoms with Gasteiger partial charge in [-0.05, 0) is 24.4 Å². The van der Waals surface area contributed by atoms with Gasteiger partial charge in [-0.25, -0.2) is 18.1 Å². The Labute approximate surface area is 118 Å². The second-order valence-corrected chi connectivity index (χ2v) is 7.00. The van der Waals surface area contributed by atoms with E-state index in [1.165, 1.54) is 10.8 Å². The van der Waals surface area contributed by atoms with Gasteiger partial charge in [0, 0.05) is 19.8 Å². The van der Waals surface area contributed by atoms with Crippen LogP contribution in [0.15, 0.2) is 11.2 Å². The van der Waals surface area contributed by atoms with Gasteiger partial charge < -0.3 is 9.67 Å². The van der Waals surface area contributed by atoms with Gasteiger partial charge in [-0.15, -0.1) is 0 Å². The van der Waals surface area contributed by atoms with Crippen molar-refractivity contribution in [1.82, 2.24) is 14.3 Å². The van der Waals surface area contributed by atoms with Crippen LogP contribution in [0.2, 0.25) is 5.28 Å². The Morgan fingerprint density at radius 2 is 2.21 bits per heavy atom. The minimum absolute atomic E-state index is 0.0254. The van der Waals surface area contributed by atoms with Gasteiger partial charge in [-0.1, -0.05) is 20.3 Å². The number of nitrogens with zero attached hydrogens (tertiary/aromatic N) is 2. The van der Waals surface area contributed by atoms with Gasteiger partial charge in [0.05, 0.1) is 5.60 Å². The van der Waals surface area contributed by atoms with Crippen molar-refractivity contribution < 1.29 is 13.5 Å². The summed E-state index contributed by atoms with van der Waals surface area (Å²) in [6.07, 6.45) is 2.08. The second kappa shape index (κ2) is 5.78. The molecule has 0 aliphatic heterocycles. The molecule has 2 N–H and O–H groups in total. The molecule has 110 valence electrons. The summed E-state index contributed by atoms with van der Waals surface area (Å²) in [7, 11) is -2.16. The molecule has 0 fully saturated rings. The Morgan fingerprint density at radius 3 is 2.63 bits per heavy atom. The van der Waals surface area contributed by atoms with Crippen molar-refractivity contribution in [2.45, 2.75) is 37.8 Å². The van der Waals surface area contributed by atoms with Crippen molar-refractivity contribution in [3.05, 3.63) is 11.5 Å². The third-order valence-corrected chi connectivity index (χ3v) is 4.99. The standard InChI is InChI=1S/C11H20ClN3O3S/c1-5-8(2)11(3,16)7-13-19(17,18)9-6-15(4)10(12)14-9/h6,8,13,16H,5,7H2,1-4H3. The van der Waals surface area contributed by atoms with E-state index >= 15 is 0 Å². The average molecular weight is 310 g/mol. The topological polar surface area (TPSA) is 84.2 Å². The van der Waals surface area contributed by atoms with Crippen molar-refractivity contribution >= 4 is 21.6 Å². The Balaban J connectivity index is 2.82. The number of aromatic nitrogens is 2. The Bertz CT molecular complexity index is 520. The molecule has 0 radical (unpaired) electrons. The average Bonchev–Trinajstić information content (AvgIpc) is 2.67. The number of hydrogen-bond acceptors (Lipinski definition) is 4. The van der Waals surface area contributed by atoms with Crippen LogP contribution in [0.25, 0.3) is 0 Å². The molecule has 0 aromatic carbocycles. The first-order valence-electron chi connectivity index (χ1n) is 6.01. The predicted molar refractivity (Wildman–Crippen MR) is 73.5 cm³/mol. The van der Waals surface area contributed by atoms with Gasteiger partial charge >= 0.3 is 0 Å². The zero-order valence-electron chi connectivity index (χ0n) is 11.5. The summed E-state index contributed by atoms with van der Waals surface area (Å²) < 4.78 is 27.8. The minimum Gasteiger partial charge on any atom is -0.389 e. The lowest BCUT2D eigenvalue weighted by Gasteiger charge is -2.29. The summed E-state index contributed by atoms with van der Waals surface area (Å²) in [6, 6.07) is 0. The summed E-state index contributed by atoms with van der Waals surface area (Å²) in [5.41, 5.74) is -1.11. The number of imidazole rings is 1. The highest BCUT2D eigenvalue weighted by Gasteiger charge is 2.30. The van der Waals surface area contributed by atoms with Gasteiger partial charge in [-0.3, -0.25) is 0 Å². The fourth-order valence-electron chi connectivity index (χ4n) is 1.48. The van der Waals surface area contributed by atoms with Gasteiger partial charge in [0.1, 0.15) is 0 Å². The Morgan fingerprint density at radius 1 is 1.63 bits per heavy atom. The van der Waals surface area contributed by atoms with E-state index < -0.39 is 15.6 Å². The van der Waals surface area contributed by atoms with Crippen LogP contribution in [0, 0.1) is 5.92 Å². The van der Waals surface area contributed by atoms with E-state index in [4.69, 9.17) is 11.6 Å². The molecule has 0 spiro atoms. The third kappa shape index (κ3) is 3.92. The highest BCUT2D eigenvalue weighted by Crippen LogP contribution is 2.20. The molecule has 6 nitrogen and oxygen atoms in total. The van der Waals surface area contributed by atoms with Crippen LogP contribution < -0.4 is 4.72 Å². The summed E-state index contributed by atoms with van der Waals surface area (Å²) in [5.74, 6) is -0.0254. The molecule has 2 unspecified atom stereocenters. The van der Waals surface area contributed by atoms with Crippen molar-refractivity contribution in [3.8, 4) is 0 Å². The molecule has 0 aliphatic carbocycles. The number of aliphatic hydroxyl groups is 1. The van der Waals surface area contributed by atoms with Gasteiger partial charge in [0.15, 0.2) is 5.03 Å². The first kappa shape index (κ1) is 16.4. The SMILES string of the molecule is CCC(C)C(C)(O)CNS(=O)(=O)c1cn(C)c(Cl)n1. The molecule has 0 saturated heterocycles. The zero-order chi connectivity index (χ0) is 14.8. The van der Waals surface area contributed by atoms with Crippen molar-refractivity contribution in [2.24, 2.45) is 13.0 Å². The molecule has 1 heterocycles. The largest absolute Gasteiger partial charge is 0.389 e. The van der Waals surface area contributed by atoms with E-state index in [1.54, 1.807) is 14.0 Å². The maximum atomic E-state index is 12.0. The van der Waals surface area contributed by atoms with Gasteiger partial charge in [-0.2, -0.15) is 0 Å². The fraction of sp³-hybridized carbons (Fsp3) is 0.727. The molecule has 0 amide bonds. The fourth-order valence-corrected chi connectivity index (χ4v) is 2.80. The van der Waals surface area contributed by atoms with E-state index in [2.05, 4.69) is 9.71 Å². The number of rotatable bonds is 6. The highest BCUT2D eigenvalue weighted by atomic mass is 35.5. The van der Waals surface area contributed by atoms with E-state index in [-0.39, 0.29) is 22.8 Å². The molecule has 0 bridgehead atoms. The van der Waals surface area contributed by atoms with Gasteiger partial charge in [0.2, 0.25) is 5.28 Å². The van der Waals surface area contributed by atoms with E-state index in [0.29, 0.717) is 0 Å². The molecular weight excluding hydrogens is 290 g/mol. The lowest BCUT2D eigenvalue weighted by molar-refractivity contribution is 0.0102. The molecule has 1 rings (SSSR count). The van der Waals surface area contributed by atoms with Gasteiger partial charge in [0.25, 0.3) is 10.0 Å². The van der Waals surface area contributed by atoms with Crippen molar-refractivity contribution in [3.63, 3.8) is 0 Å². The third-order valence-electron chi connectivity index (χ3n) is 3.37. The number of halogens is 1. The predicted octanol–water partition coefficient (Wildman–Crippen LogP) is 1.15. The molecular formula is C11H20ClN3O3S. The summed E-state index contributed by atoms with van der Waals surface area (Å²) in [6.45, 7) is 5.34. The van der Waals surface area contributed by atoms with Crippen molar-refractivity contribution in [1.29, 1.82) is 0 Å². The highest BCUT2D eigenvalue weighted by molar-refractivity contribution is 7.89. The van der Waals surface area contributed by atoms with Crippen molar-refractivity contribution in [2.75, 3.05) is 6.54 Å². The van der Waals surface area contributed by atoms with E-state index in [1.807, 2.05) is 13.8 Å². The molecule has 0 saturated carbocycles. The Kier molecular flexibility index (Phi) is 5.00. The number of hydrogen-bond donors (Lipinski definition) is 2. The van der Waals surface area contributed by atoms with E-state index in [9.17, 15) is 13.5 Å². The zero-order valence-corrected chi connectivity index (χ0v) is 13.1. The lowest BCUT2D eigenvalue weighted by Crippen LogP contribution is -2.45. The normalized spacial score (nSPS) is 17.2. The number of nitrogens with one attached hydrogen (secondary N) is 1. The quantitative estimate of drug-likeness (QED) is 0.825. The van der Waals surface area contributed by atoms with Crippen LogP contribution in [0.4, 0.5) is 0 Å². The summed E-state index contributed by atoms with van der Waals surface area (Å²) in [5, 5.41) is 10.1. The molecule has 8 heteroatoms. The number of sulfonamides is 1. The lowest BCUT2D eigenvalue weighted by atomic mass is 9.89. The molecule has 19 heavy (non-hydrogen) atoms. The first-order chi connectivity index (χ1) is 8.60. The maximum Gasteiger partial charge on any atom is 0.259 e. The van der Waals surface area contributed by atoms with Crippen LogP contribution in [0.3, 0.4) is 0 Å². The Hall–Kier alpha value is -0.630. The second-order valence-electron chi connectivity index (χ2n) is 4.95. The molecule has 2 atom stereocenters.